The van der Waals surface area contributed by atoms with E-state index in [1.165, 1.54) is 5.56 Å². The molecule has 1 aromatic carbocycles. The van der Waals surface area contributed by atoms with E-state index in [1.807, 2.05) is 32.2 Å². The molecule has 6 nitrogen and oxygen atoms in total. The Morgan fingerprint density at radius 2 is 2.00 bits per heavy atom. The van der Waals surface area contributed by atoms with Crippen LogP contribution in [0.2, 0.25) is 0 Å². The van der Waals surface area contributed by atoms with Crippen molar-refractivity contribution in [3.05, 3.63) is 35.9 Å². The Hall–Kier alpha value is -2.08. The summed E-state index contributed by atoms with van der Waals surface area (Å²) in [5, 5.41) is 3.48. The molecule has 6 heteroatoms. The Morgan fingerprint density at radius 3 is 2.76 bits per heavy atom. The number of hydrogen-bond donors (Lipinski definition) is 1. The van der Waals surface area contributed by atoms with Crippen LogP contribution in [-0.2, 0) is 20.9 Å². The van der Waals surface area contributed by atoms with Gasteiger partial charge in [-0.3, -0.25) is 9.79 Å². The maximum absolute atomic E-state index is 11.3. The van der Waals surface area contributed by atoms with Crippen LogP contribution in [-0.4, -0.2) is 56.7 Å². The quantitative estimate of drug-likeness (QED) is 0.250. The molecule has 0 aromatic heterocycles. The van der Waals surface area contributed by atoms with Crippen molar-refractivity contribution in [2.45, 2.75) is 52.1 Å². The number of benzene rings is 1. The average molecular weight is 404 g/mol. The first-order chi connectivity index (χ1) is 14.2. The lowest BCUT2D eigenvalue weighted by Gasteiger charge is -2.21. The molecule has 0 spiro atoms. The van der Waals surface area contributed by atoms with E-state index in [4.69, 9.17) is 9.47 Å². The zero-order valence-electron chi connectivity index (χ0n) is 18.1. The third kappa shape index (κ3) is 9.31. The second-order valence-corrected chi connectivity index (χ2v) is 7.54. The molecule has 0 radical (unpaired) electrons. The van der Waals surface area contributed by atoms with E-state index in [1.54, 1.807) is 0 Å². The molecule has 162 valence electrons. The number of guanidine groups is 1. The van der Waals surface area contributed by atoms with Gasteiger partial charge in [0.1, 0.15) is 0 Å². The Balaban J connectivity index is 1.54. The number of nitrogens with zero attached hydrogens (tertiary/aromatic N) is 2. The predicted octanol–water partition coefficient (Wildman–Crippen LogP) is 3.61. The molecule has 0 bridgehead atoms. The first kappa shape index (κ1) is 23.2. The smallest absolute Gasteiger partial charge is 0.305 e. The van der Waals surface area contributed by atoms with Crippen LogP contribution in [0.4, 0.5) is 0 Å². The van der Waals surface area contributed by atoms with Crippen LogP contribution in [0.1, 0.15) is 51.0 Å². The van der Waals surface area contributed by atoms with Gasteiger partial charge in [-0.2, -0.15) is 0 Å². The predicted molar refractivity (Wildman–Crippen MR) is 117 cm³/mol. The lowest BCUT2D eigenvalue weighted by molar-refractivity contribution is -0.143. The minimum atomic E-state index is -0.0811. The molecular weight excluding hydrogens is 366 g/mol. The third-order valence-corrected chi connectivity index (χ3v) is 5.16. The minimum Gasteiger partial charge on any atom is -0.466 e. The summed E-state index contributed by atoms with van der Waals surface area (Å²) in [5.41, 5.74) is 1.22. The largest absolute Gasteiger partial charge is 0.466 e. The normalized spacial score (nSPS) is 16.8. The molecule has 2 rings (SSSR count). The van der Waals surface area contributed by atoms with Crippen molar-refractivity contribution >= 4 is 11.9 Å². The number of hydrogen-bond acceptors (Lipinski definition) is 4. The highest BCUT2D eigenvalue weighted by Gasteiger charge is 2.24. The Labute approximate surface area is 175 Å². The van der Waals surface area contributed by atoms with Gasteiger partial charge in [0.25, 0.3) is 0 Å². The van der Waals surface area contributed by atoms with Gasteiger partial charge in [0.2, 0.25) is 0 Å². The molecule has 0 saturated carbocycles. The van der Waals surface area contributed by atoms with E-state index >= 15 is 0 Å². The molecule has 1 N–H and O–H groups in total. The maximum Gasteiger partial charge on any atom is 0.305 e. The molecule has 1 unspecified atom stereocenters. The van der Waals surface area contributed by atoms with E-state index in [9.17, 15) is 4.79 Å². The van der Waals surface area contributed by atoms with Gasteiger partial charge in [-0.25, -0.2) is 0 Å². The first-order valence-electron chi connectivity index (χ1n) is 11.0. The van der Waals surface area contributed by atoms with Gasteiger partial charge in [-0.05, 0) is 31.7 Å². The second kappa shape index (κ2) is 14.0. The molecule has 1 aromatic rings. The van der Waals surface area contributed by atoms with Crippen LogP contribution < -0.4 is 5.32 Å². The molecule has 1 aliphatic rings. The number of likely N-dealkylation sites (tertiary alicyclic amines) is 1. The number of esters is 1. The maximum atomic E-state index is 11.3. The molecular formula is C23H37N3O3. The Bertz CT molecular complexity index is 607. The molecule has 1 fully saturated rings. The van der Waals surface area contributed by atoms with E-state index in [-0.39, 0.29) is 5.97 Å². The number of carbonyl (C=O) groups excluding carboxylic acids is 1. The standard InChI is InChI=1S/C23H37N3O3/c1-3-29-22(27)13-9-4-5-10-15-25-23(24-2)26-16-14-21(17-26)19-28-18-20-11-7-6-8-12-20/h6-8,11-12,21H,3-5,9-10,13-19H2,1-2H3,(H,24,25). The van der Waals surface area contributed by atoms with Gasteiger partial charge < -0.3 is 19.7 Å². The van der Waals surface area contributed by atoms with E-state index in [2.05, 4.69) is 27.3 Å². The lowest BCUT2D eigenvalue weighted by atomic mass is 10.1. The number of nitrogens with one attached hydrogen (secondary N) is 1. The topological polar surface area (TPSA) is 63.2 Å². The number of unbranched alkanes of at least 4 members (excludes halogenated alkanes) is 3. The summed E-state index contributed by atoms with van der Waals surface area (Å²) >= 11 is 0. The molecule has 1 atom stereocenters. The zero-order chi connectivity index (χ0) is 20.7. The average Bonchev–Trinajstić information content (AvgIpc) is 3.20. The van der Waals surface area contributed by atoms with Crippen molar-refractivity contribution in [2.24, 2.45) is 10.9 Å². The molecule has 1 heterocycles. The van der Waals surface area contributed by atoms with E-state index in [0.717, 1.165) is 64.3 Å². The van der Waals surface area contributed by atoms with Crippen molar-refractivity contribution in [2.75, 3.05) is 39.9 Å². The van der Waals surface area contributed by atoms with Crippen LogP contribution in [0.15, 0.2) is 35.3 Å². The SMILES string of the molecule is CCOC(=O)CCCCCCNC(=NC)N1CCC(COCc2ccccc2)C1. The summed E-state index contributed by atoms with van der Waals surface area (Å²) in [6, 6.07) is 10.3. The summed E-state index contributed by atoms with van der Waals surface area (Å²) in [5.74, 6) is 1.46. The molecule has 1 saturated heterocycles. The third-order valence-electron chi connectivity index (χ3n) is 5.16. The van der Waals surface area contributed by atoms with Gasteiger partial charge in [-0.15, -0.1) is 0 Å². The zero-order valence-corrected chi connectivity index (χ0v) is 18.1. The summed E-state index contributed by atoms with van der Waals surface area (Å²) in [6.45, 7) is 6.73. The van der Waals surface area contributed by atoms with Gasteiger partial charge in [0.05, 0.1) is 19.8 Å². The van der Waals surface area contributed by atoms with Crippen molar-refractivity contribution < 1.29 is 14.3 Å². The highest BCUT2D eigenvalue weighted by molar-refractivity contribution is 5.80. The highest BCUT2D eigenvalue weighted by Crippen LogP contribution is 2.17. The van der Waals surface area contributed by atoms with Crippen molar-refractivity contribution in [3.63, 3.8) is 0 Å². The number of aliphatic imine (C=N–C) groups is 1. The highest BCUT2D eigenvalue weighted by atomic mass is 16.5. The Morgan fingerprint density at radius 1 is 1.21 bits per heavy atom. The van der Waals surface area contributed by atoms with E-state index < -0.39 is 0 Å². The van der Waals surface area contributed by atoms with Crippen LogP contribution in [0.5, 0.6) is 0 Å². The summed E-state index contributed by atoms with van der Waals surface area (Å²) in [4.78, 5) is 18.1. The van der Waals surface area contributed by atoms with E-state index in [0.29, 0.717) is 25.6 Å². The summed E-state index contributed by atoms with van der Waals surface area (Å²) < 4.78 is 10.9. The van der Waals surface area contributed by atoms with Crippen molar-refractivity contribution in [1.29, 1.82) is 0 Å². The fraction of sp³-hybridized carbons (Fsp3) is 0.652. The molecule has 29 heavy (non-hydrogen) atoms. The summed E-state index contributed by atoms with van der Waals surface area (Å²) in [7, 11) is 1.85. The molecule has 0 amide bonds. The van der Waals surface area contributed by atoms with Crippen LogP contribution in [0, 0.1) is 5.92 Å². The lowest BCUT2D eigenvalue weighted by Crippen LogP contribution is -2.40. The van der Waals surface area contributed by atoms with Gasteiger partial charge in [0, 0.05) is 39.0 Å². The fourth-order valence-corrected chi connectivity index (χ4v) is 3.59. The number of rotatable bonds is 12. The van der Waals surface area contributed by atoms with Gasteiger partial charge >= 0.3 is 5.97 Å². The fourth-order valence-electron chi connectivity index (χ4n) is 3.59. The van der Waals surface area contributed by atoms with Crippen LogP contribution >= 0.6 is 0 Å². The first-order valence-corrected chi connectivity index (χ1v) is 11.0. The van der Waals surface area contributed by atoms with Gasteiger partial charge in [-0.1, -0.05) is 43.2 Å². The van der Waals surface area contributed by atoms with Gasteiger partial charge in [0.15, 0.2) is 5.96 Å². The molecule has 1 aliphatic heterocycles. The molecule has 0 aliphatic carbocycles. The Kier molecular flexibility index (Phi) is 11.2. The monoisotopic (exact) mass is 403 g/mol. The number of ether oxygens (including phenoxy) is 2. The van der Waals surface area contributed by atoms with Crippen molar-refractivity contribution in [1.82, 2.24) is 10.2 Å². The second-order valence-electron chi connectivity index (χ2n) is 7.54. The van der Waals surface area contributed by atoms with Crippen LogP contribution in [0.3, 0.4) is 0 Å². The summed E-state index contributed by atoms with van der Waals surface area (Å²) in [6.07, 6.45) is 5.83. The van der Waals surface area contributed by atoms with Crippen LogP contribution in [0.25, 0.3) is 0 Å². The minimum absolute atomic E-state index is 0.0811. The number of carbonyl (C=O) groups is 1. The van der Waals surface area contributed by atoms with Crippen molar-refractivity contribution in [3.8, 4) is 0 Å².